The summed E-state index contributed by atoms with van der Waals surface area (Å²) in [5.74, 6) is 0. The van der Waals surface area contributed by atoms with Crippen LogP contribution in [0.15, 0.2) is 41.7 Å². The molecular weight excluding hydrogens is 370 g/mol. The van der Waals surface area contributed by atoms with E-state index in [0.29, 0.717) is 12.1 Å². The first-order valence-corrected chi connectivity index (χ1v) is 9.15. The Morgan fingerprint density at radius 3 is 2.32 bits per heavy atom. The molecule has 0 radical (unpaired) electrons. The Bertz CT molecular complexity index is 773. The molecule has 2 aliphatic heterocycles. The van der Waals surface area contributed by atoms with E-state index in [-0.39, 0.29) is 6.17 Å². The molecular formula is C19H25BF3N3O2. The van der Waals surface area contributed by atoms with Crippen molar-refractivity contribution in [2.45, 2.75) is 64.7 Å². The number of pyridine rings is 1. The third-order valence-electron chi connectivity index (χ3n) is 5.44. The molecule has 5 nitrogen and oxygen atoms in total. The van der Waals surface area contributed by atoms with Crippen molar-refractivity contribution < 1.29 is 22.5 Å². The molecule has 1 fully saturated rings. The SMILES string of the molecule is CC1=CC(NCc2ccc(C(F)(F)F)nc2)NC=C1B1OC(C)(C)C(C)(C)O1. The topological polar surface area (TPSA) is 55.4 Å². The van der Waals surface area contributed by atoms with Gasteiger partial charge in [0.15, 0.2) is 0 Å². The second kappa shape index (κ2) is 7.20. The van der Waals surface area contributed by atoms with Crippen LogP contribution in [-0.2, 0) is 22.0 Å². The van der Waals surface area contributed by atoms with Gasteiger partial charge >= 0.3 is 13.3 Å². The number of nitrogens with one attached hydrogen (secondary N) is 2. The maximum Gasteiger partial charge on any atom is 0.496 e. The van der Waals surface area contributed by atoms with E-state index in [9.17, 15) is 13.2 Å². The predicted molar refractivity (Wildman–Crippen MR) is 101 cm³/mol. The van der Waals surface area contributed by atoms with Gasteiger partial charge in [0.25, 0.3) is 0 Å². The van der Waals surface area contributed by atoms with E-state index < -0.39 is 30.2 Å². The zero-order chi connectivity index (χ0) is 20.7. The van der Waals surface area contributed by atoms with Crippen molar-refractivity contribution >= 4 is 7.12 Å². The van der Waals surface area contributed by atoms with Gasteiger partial charge in [-0.1, -0.05) is 11.6 Å². The molecule has 1 saturated heterocycles. The summed E-state index contributed by atoms with van der Waals surface area (Å²) in [5, 5.41) is 6.46. The fraction of sp³-hybridized carbons (Fsp3) is 0.526. The van der Waals surface area contributed by atoms with Crippen LogP contribution >= 0.6 is 0 Å². The van der Waals surface area contributed by atoms with Crippen molar-refractivity contribution in [1.29, 1.82) is 0 Å². The average molecular weight is 395 g/mol. The zero-order valence-electron chi connectivity index (χ0n) is 16.6. The highest BCUT2D eigenvalue weighted by atomic mass is 19.4. The van der Waals surface area contributed by atoms with E-state index in [1.807, 2.05) is 46.9 Å². The second-order valence-electron chi connectivity index (χ2n) is 8.11. The van der Waals surface area contributed by atoms with Gasteiger partial charge in [0.2, 0.25) is 0 Å². The van der Waals surface area contributed by atoms with Crippen molar-refractivity contribution in [3.63, 3.8) is 0 Å². The maximum atomic E-state index is 12.6. The molecule has 0 amide bonds. The fourth-order valence-electron chi connectivity index (χ4n) is 2.95. The van der Waals surface area contributed by atoms with E-state index in [2.05, 4.69) is 15.6 Å². The average Bonchev–Trinajstić information content (AvgIpc) is 2.80. The van der Waals surface area contributed by atoms with Crippen LogP contribution in [0.3, 0.4) is 0 Å². The number of allylic oxidation sites excluding steroid dienone is 2. The third-order valence-corrected chi connectivity index (χ3v) is 5.44. The fourth-order valence-corrected chi connectivity index (χ4v) is 2.95. The number of halogens is 3. The smallest absolute Gasteiger partial charge is 0.399 e. The van der Waals surface area contributed by atoms with E-state index in [1.165, 1.54) is 12.3 Å². The van der Waals surface area contributed by atoms with Gasteiger partial charge in [0, 0.05) is 18.2 Å². The molecule has 152 valence electrons. The van der Waals surface area contributed by atoms with Crippen LogP contribution in [0.5, 0.6) is 0 Å². The normalized spacial score (nSPS) is 23.9. The van der Waals surface area contributed by atoms with Crippen LogP contribution in [0, 0.1) is 0 Å². The lowest BCUT2D eigenvalue weighted by molar-refractivity contribution is -0.141. The van der Waals surface area contributed by atoms with Gasteiger partial charge in [-0.05, 0) is 58.5 Å². The standard InChI is InChI=1S/C19H25BF3N3O2/c1-12-8-16(25-10-13-6-7-15(24-9-13)19(21,22)23)26-11-14(12)20-27-17(2,3)18(4,5)28-20/h6-9,11,16,25-26H,10H2,1-5H3. The minimum atomic E-state index is -4.43. The molecule has 1 aromatic heterocycles. The quantitative estimate of drug-likeness (QED) is 0.764. The highest BCUT2D eigenvalue weighted by Crippen LogP contribution is 2.39. The maximum absolute atomic E-state index is 12.6. The number of hydrogen-bond acceptors (Lipinski definition) is 5. The molecule has 3 rings (SSSR count). The van der Waals surface area contributed by atoms with Gasteiger partial charge in [0.1, 0.15) is 5.69 Å². The van der Waals surface area contributed by atoms with Crippen LogP contribution in [-0.4, -0.2) is 29.5 Å². The lowest BCUT2D eigenvalue weighted by atomic mass is 9.73. The first kappa shape index (κ1) is 20.9. The molecule has 3 heterocycles. The number of aromatic nitrogens is 1. The van der Waals surface area contributed by atoms with Gasteiger partial charge in [-0.15, -0.1) is 0 Å². The summed E-state index contributed by atoms with van der Waals surface area (Å²) < 4.78 is 49.9. The van der Waals surface area contributed by atoms with Crippen LogP contribution in [0.2, 0.25) is 0 Å². The van der Waals surface area contributed by atoms with Crippen LogP contribution in [0.4, 0.5) is 13.2 Å². The molecule has 0 spiro atoms. The van der Waals surface area contributed by atoms with Crippen molar-refractivity contribution in [1.82, 2.24) is 15.6 Å². The molecule has 0 aliphatic carbocycles. The molecule has 1 unspecified atom stereocenters. The summed E-state index contributed by atoms with van der Waals surface area (Å²) in [5.41, 5.74) is 0.889. The summed E-state index contributed by atoms with van der Waals surface area (Å²) in [6, 6.07) is 2.41. The van der Waals surface area contributed by atoms with Gasteiger partial charge in [-0.3, -0.25) is 10.3 Å². The summed E-state index contributed by atoms with van der Waals surface area (Å²) in [7, 11) is -0.450. The van der Waals surface area contributed by atoms with Crippen LogP contribution in [0.25, 0.3) is 0 Å². The Balaban J connectivity index is 1.58. The first-order chi connectivity index (χ1) is 12.9. The Kier molecular flexibility index (Phi) is 5.37. The number of hydrogen-bond donors (Lipinski definition) is 2. The predicted octanol–water partition coefficient (Wildman–Crippen LogP) is 3.58. The lowest BCUT2D eigenvalue weighted by Gasteiger charge is -2.32. The molecule has 9 heteroatoms. The van der Waals surface area contributed by atoms with Crippen molar-refractivity contribution in [2.24, 2.45) is 0 Å². The summed E-state index contributed by atoms with van der Waals surface area (Å²) in [6.07, 6.45) is 0.512. The number of dihydropyridines is 1. The summed E-state index contributed by atoms with van der Waals surface area (Å²) in [4.78, 5) is 3.47. The van der Waals surface area contributed by atoms with Crippen molar-refractivity contribution in [3.8, 4) is 0 Å². The van der Waals surface area contributed by atoms with E-state index in [4.69, 9.17) is 9.31 Å². The Hall–Kier alpha value is -1.84. The van der Waals surface area contributed by atoms with Gasteiger partial charge in [-0.25, -0.2) is 0 Å². The van der Waals surface area contributed by atoms with Crippen molar-refractivity contribution in [2.75, 3.05) is 0 Å². The highest BCUT2D eigenvalue weighted by Gasteiger charge is 2.52. The molecule has 2 N–H and O–H groups in total. The Morgan fingerprint density at radius 1 is 1.18 bits per heavy atom. The number of alkyl halides is 3. The number of nitrogens with zero attached hydrogens (tertiary/aromatic N) is 1. The van der Waals surface area contributed by atoms with E-state index in [1.54, 1.807) is 0 Å². The largest absolute Gasteiger partial charge is 0.496 e. The molecule has 28 heavy (non-hydrogen) atoms. The molecule has 1 atom stereocenters. The minimum Gasteiger partial charge on any atom is -0.399 e. The van der Waals surface area contributed by atoms with Crippen LogP contribution in [0.1, 0.15) is 45.9 Å². The zero-order valence-corrected chi connectivity index (χ0v) is 16.6. The van der Waals surface area contributed by atoms with Gasteiger partial charge < -0.3 is 14.6 Å². The molecule has 2 aliphatic rings. The summed E-state index contributed by atoms with van der Waals surface area (Å²) >= 11 is 0. The molecule has 1 aromatic rings. The Morgan fingerprint density at radius 2 is 1.82 bits per heavy atom. The second-order valence-corrected chi connectivity index (χ2v) is 8.11. The van der Waals surface area contributed by atoms with Gasteiger partial charge in [-0.2, -0.15) is 13.2 Å². The Labute approximate surface area is 163 Å². The lowest BCUT2D eigenvalue weighted by Crippen LogP contribution is -2.41. The molecule has 0 saturated carbocycles. The molecule has 0 bridgehead atoms. The van der Waals surface area contributed by atoms with E-state index in [0.717, 1.165) is 17.1 Å². The van der Waals surface area contributed by atoms with Crippen molar-refractivity contribution in [3.05, 3.63) is 52.9 Å². The van der Waals surface area contributed by atoms with Crippen LogP contribution < -0.4 is 10.6 Å². The minimum absolute atomic E-state index is 0.159. The molecule has 0 aromatic carbocycles. The highest BCUT2D eigenvalue weighted by molar-refractivity contribution is 6.56. The summed E-state index contributed by atoms with van der Waals surface area (Å²) in [6.45, 7) is 10.4. The van der Waals surface area contributed by atoms with E-state index >= 15 is 0 Å². The first-order valence-electron chi connectivity index (χ1n) is 9.15. The third kappa shape index (κ3) is 4.26. The monoisotopic (exact) mass is 395 g/mol. The number of rotatable bonds is 4. The van der Waals surface area contributed by atoms with Gasteiger partial charge in [0.05, 0.1) is 17.4 Å².